The van der Waals surface area contributed by atoms with E-state index < -0.39 is 0 Å². The van der Waals surface area contributed by atoms with Crippen molar-refractivity contribution in [3.63, 3.8) is 0 Å². The Bertz CT molecular complexity index is 424. The summed E-state index contributed by atoms with van der Waals surface area (Å²) >= 11 is 0. The smallest absolute Gasteiger partial charge is 0.134 e. The van der Waals surface area contributed by atoms with Gasteiger partial charge in [-0.15, -0.1) is 0 Å². The summed E-state index contributed by atoms with van der Waals surface area (Å²) in [6.45, 7) is 7.56. The molecular weight excluding hydrogens is 224 g/mol. The molecule has 0 aromatic carbocycles. The zero-order valence-corrected chi connectivity index (χ0v) is 11.9. The Balaban J connectivity index is 2.17. The van der Waals surface area contributed by atoms with Crippen molar-refractivity contribution in [3.8, 4) is 0 Å². The third-order valence-corrected chi connectivity index (χ3v) is 3.69. The molecule has 0 bridgehead atoms. The Kier molecular flexibility index (Phi) is 3.73. The minimum atomic E-state index is 0.488. The van der Waals surface area contributed by atoms with E-state index in [9.17, 15) is 0 Å². The summed E-state index contributed by atoms with van der Waals surface area (Å²) < 4.78 is 0. The molecule has 4 nitrogen and oxygen atoms in total. The van der Waals surface area contributed by atoms with Crippen LogP contribution in [0.2, 0.25) is 0 Å². The van der Waals surface area contributed by atoms with Gasteiger partial charge in [-0.05, 0) is 31.6 Å². The number of hydrogen-bond donors (Lipinski definition) is 2. The van der Waals surface area contributed by atoms with Gasteiger partial charge in [0, 0.05) is 25.6 Å². The zero-order valence-electron chi connectivity index (χ0n) is 11.9. The maximum Gasteiger partial charge on any atom is 0.134 e. The molecule has 2 rings (SSSR count). The number of nitrogens with one attached hydrogen (secondary N) is 2. The van der Waals surface area contributed by atoms with Gasteiger partial charge in [-0.3, -0.25) is 0 Å². The molecule has 1 aromatic rings. The fourth-order valence-corrected chi connectivity index (χ4v) is 2.00. The van der Waals surface area contributed by atoms with Crippen molar-refractivity contribution in [1.29, 1.82) is 0 Å². The van der Waals surface area contributed by atoms with Gasteiger partial charge in [-0.25, -0.2) is 9.97 Å². The fraction of sp³-hybridized carbons (Fsp3) is 0.714. The molecular formula is C14H24N4. The van der Waals surface area contributed by atoms with Crippen LogP contribution >= 0.6 is 0 Å². The average Bonchev–Trinajstić information content (AvgIpc) is 3.08. The Labute approximate surface area is 110 Å². The second-order valence-electron chi connectivity index (χ2n) is 5.63. The van der Waals surface area contributed by atoms with Gasteiger partial charge in [-0.1, -0.05) is 13.8 Å². The summed E-state index contributed by atoms with van der Waals surface area (Å²) in [5.74, 6) is 2.86. The largest absolute Gasteiger partial charge is 0.373 e. The molecule has 1 aromatic heterocycles. The van der Waals surface area contributed by atoms with E-state index in [1.54, 1.807) is 0 Å². The number of aromatic nitrogens is 2. The van der Waals surface area contributed by atoms with E-state index in [4.69, 9.17) is 0 Å². The van der Waals surface area contributed by atoms with E-state index >= 15 is 0 Å². The predicted octanol–water partition coefficient (Wildman–Crippen LogP) is 2.99. The topological polar surface area (TPSA) is 49.8 Å². The van der Waals surface area contributed by atoms with Crippen molar-refractivity contribution in [2.75, 3.05) is 24.2 Å². The molecule has 1 aliphatic rings. The van der Waals surface area contributed by atoms with Crippen LogP contribution in [0.5, 0.6) is 0 Å². The molecule has 0 amide bonds. The van der Waals surface area contributed by atoms with Crippen molar-refractivity contribution in [3.05, 3.63) is 11.4 Å². The molecule has 0 aliphatic heterocycles. The van der Waals surface area contributed by atoms with Crippen LogP contribution in [0, 0.1) is 12.3 Å². The first-order chi connectivity index (χ1) is 8.58. The van der Waals surface area contributed by atoms with Crippen LogP contribution in [0.15, 0.2) is 0 Å². The van der Waals surface area contributed by atoms with Gasteiger partial charge in [0.05, 0.1) is 0 Å². The molecule has 0 saturated heterocycles. The summed E-state index contributed by atoms with van der Waals surface area (Å²) in [6, 6.07) is 0. The van der Waals surface area contributed by atoms with Crippen LogP contribution in [-0.2, 0) is 6.42 Å². The van der Waals surface area contributed by atoms with Crippen LogP contribution in [0.4, 0.5) is 11.6 Å². The molecule has 0 radical (unpaired) electrons. The summed E-state index contributed by atoms with van der Waals surface area (Å²) in [5, 5.41) is 6.65. The van der Waals surface area contributed by atoms with Gasteiger partial charge in [0.1, 0.15) is 17.5 Å². The second-order valence-corrected chi connectivity index (χ2v) is 5.63. The molecule has 0 unspecified atom stereocenters. The molecule has 1 aliphatic carbocycles. The molecule has 18 heavy (non-hydrogen) atoms. The first-order valence-electron chi connectivity index (χ1n) is 6.87. The zero-order chi connectivity index (χ0) is 13.2. The standard InChI is InChI=1S/C14H24N4/c1-5-6-11-17-12(15-4)10(2)13(18-11)16-9-14(3)7-8-14/h5-9H2,1-4H3,(H2,15,16,17,18). The molecule has 100 valence electrons. The summed E-state index contributed by atoms with van der Waals surface area (Å²) in [6.07, 6.45) is 4.65. The lowest BCUT2D eigenvalue weighted by molar-refractivity contribution is 0.608. The van der Waals surface area contributed by atoms with Crippen molar-refractivity contribution in [1.82, 2.24) is 9.97 Å². The molecule has 0 spiro atoms. The highest BCUT2D eigenvalue weighted by molar-refractivity contribution is 5.57. The third-order valence-electron chi connectivity index (χ3n) is 3.69. The maximum absolute atomic E-state index is 4.64. The molecule has 0 atom stereocenters. The minimum Gasteiger partial charge on any atom is -0.373 e. The number of hydrogen-bond acceptors (Lipinski definition) is 4. The Morgan fingerprint density at radius 2 is 1.89 bits per heavy atom. The van der Waals surface area contributed by atoms with Crippen molar-refractivity contribution in [2.24, 2.45) is 5.41 Å². The summed E-state index contributed by atoms with van der Waals surface area (Å²) in [4.78, 5) is 9.18. The fourth-order valence-electron chi connectivity index (χ4n) is 2.00. The van der Waals surface area contributed by atoms with Crippen molar-refractivity contribution >= 4 is 11.6 Å². The van der Waals surface area contributed by atoms with Crippen molar-refractivity contribution in [2.45, 2.75) is 46.5 Å². The quantitative estimate of drug-likeness (QED) is 0.812. The van der Waals surface area contributed by atoms with E-state index in [1.165, 1.54) is 12.8 Å². The maximum atomic E-state index is 4.64. The number of aryl methyl sites for hydroxylation is 1. The van der Waals surface area contributed by atoms with Gasteiger partial charge in [-0.2, -0.15) is 0 Å². The molecule has 1 saturated carbocycles. The molecule has 1 heterocycles. The van der Waals surface area contributed by atoms with Gasteiger partial charge >= 0.3 is 0 Å². The SMILES string of the molecule is CCCc1nc(NC)c(C)c(NCC2(C)CC2)n1. The first-order valence-corrected chi connectivity index (χ1v) is 6.87. The Morgan fingerprint density at radius 1 is 1.22 bits per heavy atom. The number of nitrogens with zero attached hydrogens (tertiary/aromatic N) is 2. The van der Waals surface area contributed by atoms with Crippen LogP contribution in [0.25, 0.3) is 0 Å². The molecule has 2 N–H and O–H groups in total. The first kappa shape index (κ1) is 13.1. The Morgan fingerprint density at radius 3 is 2.44 bits per heavy atom. The van der Waals surface area contributed by atoms with Crippen LogP contribution in [-0.4, -0.2) is 23.6 Å². The number of anilines is 2. The van der Waals surface area contributed by atoms with E-state index in [0.717, 1.165) is 42.4 Å². The van der Waals surface area contributed by atoms with Crippen LogP contribution in [0.1, 0.15) is 44.5 Å². The van der Waals surface area contributed by atoms with Gasteiger partial charge in [0.25, 0.3) is 0 Å². The highest BCUT2D eigenvalue weighted by atomic mass is 15.1. The lowest BCUT2D eigenvalue weighted by Crippen LogP contribution is -2.15. The molecule has 4 heteroatoms. The van der Waals surface area contributed by atoms with E-state index in [2.05, 4.69) is 41.4 Å². The second kappa shape index (κ2) is 5.12. The van der Waals surface area contributed by atoms with Crippen LogP contribution < -0.4 is 10.6 Å². The normalized spacial score (nSPS) is 16.4. The van der Waals surface area contributed by atoms with E-state index in [-0.39, 0.29) is 0 Å². The third kappa shape index (κ3) is 2.92. The van der Waals surface area contributed by atoms with Crippen molar-refractivity contribution < 1.29 is 0 Å². The van der Waals surface area contributed by atoms with E-state index in [0.29, 0.717) is 5.41 Å². The lowest BCUT2D eigenvalue weighted by Gasteiger charge is -2.15. The predicted molar refractivity (Wildman–Crippen MR) is 76.1 cm³/mol. The minimum absolute atomic E-state index is 0.488. The van der Waals surface area contributed by atoms with Gasteiger partial charge < -0.3 is 10.6 Å². The van der Waals surface area contributed by atoms with Gasteiger partial charge in [0.15, 0.2) is 0 Å². The summed E-state index contributed by atoms with van der Waals surface area (Å²) in [5.41, 5.74) is 1.60. The molecule has 1 fully saturated rings. The Hall–Kier alpha value is -1.32. The monoisotopic (exact) mass is 248 g/mol. The lowest BCUT2D eigenvalue weighted by atomic mass is 10.1. The van der Waals surface area contributed by atoms with Gasteiger partial charge in [0.2, 0.25) is 0 Å². The number of rotatable bonds is 6. The average molecular weight is 248 g/mol. The highest BCUT2D eigenvalue weighted by Crippen LogP contribution is 2.44. The summed E-state index contributed by atoms with van der Waals surface area (Å²) in [7, 11) is 1.91. The van der Waals surface area contributed by atoms with Crippen LogP contribution in [0.3, 0.4) is 0 Å². The van der Waals surface area contributed by atoms with E-state index in [1.807, 2.05) is 7.05 Å². The highest BCUT2D eigenvalue weighted by Gasteiger charge is 2.37.